The molecule has 1 unspecified atom stereocenters. The highest BCUT2D eigenvalue weighted by Crippen LogP contribution is 2.25. The maximum Gasteiger partial charge on any atom is 0.321 e. The van der Waals surface area contributed by atoms with Crippen molar-refractivity contribution < 1.29 is 14.7 Å². The van der Waals surface area contributed by atoms with Crippen LogP contribution in [0.2, 0.25) is 10.0 Å². The number of aliphatic carboxylic acids is 1. The van der Waals surface area contributed by atoms with Gasteiger partial charge in [-0.05, 0) is 25.1 Å². The lowest BCUT2D eigenvalue weighted by atomic mass is 10.2. The van der Waals surface area contributed by atoms with Crippen LogP contribution in [0.4, 0.5) is 10.5 Å². The summed E-state index contributed by atoms with van der Waals surface area (Å²) >= 11 is 11.7. The van der Waals surface area contributed by atoms with Gasteiger partial charge in [-0.2, -0.15) is 0 Å². The van der Waals surface area contributed by atoms with Crippen molar-refractivity contribution in [2.45, 2.75) is 13.8 Å². The third kappa shape index (κ3) is 4.58. The zero-order chi connectivity index (χ0) is 15.3. The van der Waals surface area contributed by atoms with Crippen molar-refractivity contribution in [3.63, 3.8) is 0 Å². The number of carbonyl (C=O) groups excluding carboxylic acids is 1. The molecular formula is C13H16Cl2N2O3. The number of urea groups is 1. The summed E-state index contributed by atoms with van der Waals surface area (Å²) in [6, 6.07) is 4.37. The topological polar surface area (TPSA) is 69.6 Å². The Morgan fingerprint density at radius 3 is 2.50 bits per heavy atom. The molecule has 0 aliphatic carbocycles. The fraction of sp³-hybridized carbons (Fsp3) is 0.385. The van der Waals surface area contributed by atoms with Crippen LogP contribution < -0.4 is 5.32 Å². The summed E-state index contributed by atoms with van der Waals surface area (Å²) < 4.78 is 0. The number of carbonyl (C=O) groups is 2. The molecule has 0 saturated heterocycles. The minimum Gasteiger partial charge on any atom is -0.481 e. The third-order valence-electron chi connectivity index (χ3n) is 2.76. The van der Waals surface area contributed by atoms with Crippen molar-refractivity contribution in [2.75, 3.05) is 18.4 Å². The highest BCUT2D eigenvalue weighted by molar-refractivity contribution is 6.42. The second-order valence-corrected chi connectivity index (χ2v) is 5.15. The van der Waals surface area contributed by atoms with Crippen LogP contribution in [0.15, 0.2) is 18.2 Å². The molecule has 2 N–H and O–H groups in total. The van der Waals surface area contributed by atoms with E-state index in [0.717, 1.165) is 0 Å². The minimum atomic E-state index is -0.939. The fourth-order valence-corrected chi connectivity index (χ4v) is 1.84. The standard InChI is InChI=1S/C13H16Cl2N2O3/c1-3-17(7-8(2)12(18)19)13(20)16-9-4-5-10(14)11(15)6-9/h4-6,8H,3,7H2,1-2H3,(H,16,20)(H,18,19). The van der Waals surface area contributed by atoms with Crippen molar-refractivity contribution in [3.8, 4) is 0 Å². The van der Waals surface area contributed by atoms with Crippen LogP contribution in [-0.4, -0.2) is 35.1 Å². The van der Waals surface area contributed by atoms with E-state index in [1.807, 2.05) is 0 Å². The van der Waals surface area contributed by atoms with Gasteiger partial charge in [0.2, 0.25) is 0 Å². The van der Waals surface area contributed by atoms with Crippen molar-refractivity contribution in [3.05, 3.63) is 28.2 Å². The molecule has 0 bridgehead atoms. The van der Waals surface area contributed by atoms with Crippen molar-refractivity contribution in [2.24, 2.45) is 5.92 Å². The molecule has 0 aliphatic rings. The highest BCUT2D eigenvalue weighted by Gasteiger charge is 2.19. The lowest BCUT2D eigenvalue weighted by molar-refractivity contribution is -0.141. The van der Waals surface area contributed by atoms with Crippen LogP contribution >= 0.6 is 23.2 Å². The largest absolute Gasteiger partial charge is 0.481 e. The second kappa shape index (κ2) is 7.36. The second-order valence-electron chi connectivity index (χ2n) is 4.34. The third-order valence-corrected chi connectivity index (χ3v) is 3.49. The number of carboxylic acids is 1. The molecule has 0 radical (unpaired) electrons. The van der Waals surface area contributed by atoms with Crippen LogP contribution in [0, 0.1) is 5.92 Å². The minimum absolute atomic E-state index is 0.138. The number of hydrogen-bond donors (Lipinski definition) is 2. The summed E-state index contributed by atoms with van der Waals surface area (Å²) in [5.74, 6) is -1.57. The molecule has 0 spiro atoms. The molecular weight excluding hydrogens is 303 g/mol. The van der Waals surface area contributed by atoms with Gasteiger partial charge in [-0.15, -0.1) is 0 Å². The smallest absolute Gasteiger partial charge is 0.321 e. The predicted octanol–water partition coefficient (Wildman–Crippen LogP) is 3.57. The van der Waals surface area contributed by atoms with E-state index in [9.17, 15) is 9.59 Å². The van der Waals surface area contributed by atoms with Crippen molar-refractivity contribution in [1.29, 1.82) is 0 Å². The summed E-state index contributed by atoms with van der Waals surface area (Å²) in [6.07, 6.45) is 0. The van der Waals surface area contributed by atoms with Crippen LogP contribution in [0.5, 0.6) is 0 Å². The number of benzene rings is 1. The Hall–Kier alpha value is -1.46. The van der Waals surface area contributed by atoms with Crippen LogP contribution in [-0.2, 0) is 4.79 Å². The molecule has 1 atom stereocenters. The molecule has 0 fully saturated rings. The van der Waals surface area contributed by atoms with Gasteiger partial charge in [-0.1, -0.05) is 30.1 Å². The number of nitrogens with one attached hydrogen (secondary N) is 1. The molecule has 0 aromatic heterocycles. The van der Waals surface area contributed by atoms with Gasteiger partial charge in [0.15, 0.2) is 0 Å². The summed E-state index contributed by atoms with van der Waals surface area (Å²) in [7, 11) is 0. The predicted molar refractivity (Wildman–Crippen MR) is 79.5 cm³/mol. The molecule has 1 rings (SSSR count). The van der Waals surface area contributed by atoms with E-state index in [0.29, 0.717) is 22.3 Å². The van der Waals surface area contributed by atoms with E-state index in [-0.39, 0.29) is 12.6 Å². The van der Waals surface area contributed by atoms with Gasteiger partial charge in [0.25, 0.3) is 0 Å². The summed E-state index contributed by atoms with van der Waals surface area (Å²) in [5.41, 5.74) is 0.505. The van der Waals surface area contributed by atoms with Gasteiger partial charge in [0, 0.05) is 18.8 Å². The Bertz CT molecular complexity index is 508. The Balaban J connectivity index is 2.72. The average Bonchev–Trinajstić information content (AvgIpc) is 2.39. The number of hydrogen-bond acceptors (Lipinski definition) is 2. The maximum absolute atomic E-state index is 12.0. The molecule has 110 valence electrons. The molecule has 5 nitrogen and oxygen atoms in total. The summed E-state index contributed by atoms with van der Waals surface area (Å²) in [6.45, 7) is 3.88. The van der Waals surface area contributed by atoms with Crippen LogP contribution in [0.1, 0.15) is 13.8 Å². The average molecular weight is 319 g/mol. The quantitative estimate of drug-likeness (QED) is 0.872. The molecule has 0 aliphatic heterocycles. The van der Waals surface area contributed by atoms with Crippen LogP contribution in [0.25, 0.3) is 0 Å². The Morgan fingerprint density at radius 2 is 2.00 bits per heavy atom. The highest BCUT2D eigenvalue weighted by atomic mass is 35.5. The molecule has 0 heterocycles. The molecule has 20 heavy (non-hydrogen) atoms. The Kier molecular flexibility index (Phi) is 6.10. The van der Waals surface area contributed by atoms with E-state index in [1.165, 1.54) is 11.0 Å². The number of nitrogens with zero attached hydrogens (tertiary/aromatic N) is 1. The lowest BCUT2D eigenvalue weighted by Crippen LogP contribution is -2.39. The monoisotopic (exact) mass is 318 g/mol. The van der Waals surface area contributed by atoms with E-state index >= 15 is 0 Å². The van der Waals surface area contributed by atoms with E-state index in [1.54, 1.807) is 26.0 Å². The van der Waals surface area contributed by atoms with Crippen molar-refractivity contribution >= 4 is 40.9 Å². The number of anilines is 1. The van der Waals surface area contributed by atoms with E-state index in [2.05, 4.69) is 5.32 Å². The van der Waals surface area contributed by atoms with Crippen molar-refractivity contribution in [1.82, 2.24) is 4.90 Å². The molecule has 7 heteroatoms. The zero-order valence-electron chi connectivity index (χ0n) is 11.2. The molecule has 1 aromatic carbocycles. The Morgan fingerprint density at radius 1 is 1.35 bits per heavy atom. The number of carboxylic acid groups (broad SMARTS) is 1. The van der Waals surface area contributed by atoms with E-state index in [4.69, 9.17) is 28.3 Å². The molecule has 2 amide bonds. The first-order valence-electron chi connectivity index (χ1n) is 6.09. The zero-order valence-corrected chi connectivity index (χ0v) is 12.7. The first kappa shape index (κ1) is 16.6. The molecule has 1 aromatic rings. The maximum atomic E-state index is 12.0. The summed E-state index contributed by atoms with van der Waals surface area (Å²) in [4.78, 5) is 24.3. The lowest BCUT2D eigenvalue weighted by Gasteiger charge is -2.23. The normalized spacial score (nSPS) is 11.8. The summed E-state index contributed by atoms with van der Waals surface area (Å²) in [5, 5.41) is 12.3. The molecule has 0 saturated carbocycles. The van der Waals surface area contributed by atoms with Gasteiger partial charge in [0.05, 0.1) is 16.0 Å². The Labute approximate surface area is 127 Å². The number of rotatable bonds is 5. The number of amides is 2. The van der Waals surface area contributed by atoms with Gasteiger partial charge in [0.1, 0.15) is 0 Å². The van der Waals surface area contributed by atoms with Gasteiger partial charge in [-0.25, -0.2) is 4.79 Å². The van der Waals surface area contributed by atoms with Crippen LogP contribution in [0.3, 0.4) is 0 Å². The number of halogens is 2. The SMILES string of the molecule is CCN(CC(C)C(=O)O)C(=O)Nc1ccc(Cl)c(Cl)c1. The van der Waals surface area contributed by atoms with Gasteiger partial charge < -0.3 is 15.3 Å². The fourth-order valence-electron chi connectivity index (χ4n) is 1.54. The van der Waals surface area contributed by atoms with E-state index < -0.39 is 11.9 Å². The van der Waals surface area contributed by atoms with Gasteiger partial charge >= 0.3 is 12.0 Å². The van der Waals surface area contributed by atoms with Gasteiger partial charge in [-0.3, -0.25) is 4.79 Å². The first-order chi connectivity index (χ1) is 9.35. The first-order valence-corrected chi connectivity index (χ1v) is 6.84.